The summed E-state index contributed by atoms with van der Waals surface area (Å²) >= 11 is 0. The van der Waals surface area contributed by atoms with Crippen LogP contribution in [0.4, 0.5) is 0 Å². The average molecular weight is 569 g/mol. The van der Waals surface area contributed by atoms with Crippen LogP contribution in [0.25, 0.3) is 0 Å². The number of aryl methyl sites for hydroxylation is 1. The fourth-order valence-electron chi connectivity index (χ4n) is 4.07. The zero-order chi connectivity index (χ0) is 22.8. The van der Waals surface area contributed by atoms with Gasteiger partial charge in [-0.3, -0.25) is 9.89 Å². The third kappa shape index (κ3) is 7.48. The smallest absolute Gasteiger partial charge is 0.191 e. The molecule has 0 amide bonds. The van der Waals surface area contributed by atoms with Gasteiger partial charge in [-0.25, -0.2) is 0 Å². The fraction of sp³-hybridized carbons (Fsp3) is 0.480. The number of halogens is 1. The Kier molecular flexibility index (Phi) is 11.8. The predicted molar refractivity (Wildman–Crippen MR) is 144 cm³/mol. The standard InChI is InChI=1S/C25H36N4O3.HI/c1-5-19-8-6-7-9-21(19)17-27-25(26-2)28-18-22(29-12-14-32-15-13-29)20-10-11-23(30-3)24(16-20)31-4;/h6-11,16,22H,5,12-15,17-18H2,1-4H3,(H2,26,27,28);1H. The second-order valence-corrected chi connectivity index (χ2v) is 7.71. The Hall–Kier alpha value is -2.04. The Morgan fingerprint density at radius 2 is 1.73 bits per heavy atom. The lowest BCUT2D eigenvalue weighted by molar-refractivity contribution is 0.0169. The highest BCUT2D eigenvalue weighted by molar-refractivity contribution is 14.0. The van der Waals surface area contributed by atoms with Crippen molar-refractivity contribution in [2.75, 3.05) is 54.1 Å². The second-order valence-electron chi connectivity index (χ2n) is 7.71. The molecule has 8 heteroatoms. The molecule has 0 saturated carbocycles. The third-order valence-electron chi connectivity index (χ3n) is 5.91. The van der Waals surface area contributed by atoms with Crippen molar-refractivity contribution in [1.82, 2.24) is 15.5 Å². The first kappa shape index (κ1) is 27.2. The summed E-state index contributed by atoms with van der Waals surface area (Å²) in [6.07, 6.45) is 1.02. The quantitative estimate of drug-likeness (QED) is 0.274. The topological polar surface area (TPSA) is 67.4 Å². The van der Waals surface area contributed by atoms with Gasteiger partial charge in [0.1, 0.15) is 0 Å². The molecule has 0 spiro atoms. The Morgan fingerprint density at radius 1 is 1.03 bits per heavy atom. The second kappa shape index (κ2) is 14.3. The summed E-state index contributed by atoms with van der Waals surface area (Å²) in [6, 6.07) is 14.8. The van der Waals surface area contributed by atoms with Crippen molar-refractivity contribution in [1.29, 1.82) is 0 Å². The maximum atomic E-state index is 5.58. The van der Waals surface area contributed by atoms with Crippen LogP contribution in [0, 0.1) is 0 Å². The highest BCUT2D eigenvalue weighted by Crippen LogP contribution is 2.32. The van der Waals surface area contributed by atoms with E-state index in [2.05, 4.69) is 63.8 Å². The van der Waals surface area contributed by atoms with Crippen LogP contribution < -0.4 is 20.1 Å². The minimum atomic E-state index is 0. The monoisotopic (exact) mass is 568 g/mol. The maximum Gasteiger partial charge on any atom is 0.191 e. The summed E-state index contributed by atoms with van der Waals surface area (Å²) in [6.45, 7) is 6.89. The molecule has 33 heavy (non-hydrogen) atoms. The highest BCUT2D eigenvalue weighted by atomic mass is 127. The van der Waals surface area contributed by atoms with Crippen molar-refractivity contribution in [3.8, 4) is 11.5 Å². The SMILES string of the molecule is CCc1ccccc1CNC(=NC)NCC(c1ccc(OC)c(OC)c1)N1CCOCC1.I. The van der Waals surface area contributed by atoms with Crippen LogP contribution in [0.15, 0.2) is 47.5 Å². The predicted octanol–water partition coefficient (Wildman–Crippen LogP) is 3.62. The van der Waals surface area contributed by atoms with Crippen molar-refractivity contribution in [3.63, 3.8) is 0 Å². The molecule has 1 saturated heterocycles. The number of aliphatic imine (C=N–C) groups is 1. The number of hydrogen-bond acceptors (Lipinski definition) is 5. The number of nitrogens with one attached hydrogen (secondary N) is 2. The van der Waals surface area contributed by atoms with Gasteiger partial charge in [-0.2, -0.15) is 0 Å². The first-order chi connectivity index (χ1) is 15.7. The van der Waals surface area contributed by atoms with Gasteiger partial charge in [0.15, 0.2) is 17.5 Å². The molecule has 1 aliphatic heterocycles. The third-order valence-corrected chi connectivity index (χ3v) is 5.91. The Morgan fingerprint density at radius 3 is 2.36 bits per heavy atom. The lowest BCUT2D eigenvalue weighted by Gasteiger charge is -2.35. The van der Waals surface area contributed by atoms with E-state index in [1.54, 1.807) is 21.3 Å². The Bertz CT molecular complexity index is 888. The highest BCUT2D eigenvalue weighted by Gasteiger charge is 2.24. The van der Waals surface area contributed by atoms with Gasteiger partial charge >= 0.3 is 0 Å². The molecule has 1 aliphatic rings. The van der Waals surface area contributed by atoms with Crippen LogP contribution in [0.1, 0.15) is 29.7 Å². The van der Waals surface area contributed by atoms with E-state index in [1.165, 1.54) is 16.7 Å². The number of methoxy groups -OCH3 is 2. The molecular weight excluding hydrogens is 531 g/mol. The number of rotatable bonds is 9. The van der Waals surface area contributed by atoms with E-state index < -0.39 is 0 Å². The van der Waals surface area contributed by atoms with Gasteiger partial charge in [0.2, 0.25) is 0 Å². The largest absolute Gasteiger partial charge is 0.493 e. The molecule has 1 unspecified atom stereocenters. The van der Waals surface area contributed by atoms with Gasteiger partial charge in [-0.1, -0.05) is 37.3 Å². The molecule has 7 nitrogen and oxygen atoms in total. The van der Waals surface area contributed by atoms with E-state index in [0.29, 0.717) is 6.54 Å². The van der Waals surface area contributed by atoms with E-state index in [9.17, 15) is 0 Å². The zero-order valence-electron chi connectivity index (χ0n) is 20.1. The van der Waals surface area contributed by atoms with Gasteiger partial charge in [0.05, 0.1) is 33.5 Å². The molecule has 2 N–H and O–H groups in total. The summed E-state index contributed by atoms with van der Waals surface area (Å²) in [5, 5.41) is 6.99. The molecule has 1 atom stereocenters. The van der Waals surface area contributed by atoms with Gasteiger partial charge in [0.25, 0.3) is 0 Å². The van der Waals surface area contributed by atoms with E-state index >= 15 is 0 Å². The van der Waals surface area contributed by atoms with E-state index in [1.807, 2.05) is 6.07 Å². The van der Waals surface area contributed by atoms with Gasteiger partial charge in [-0.15, -0.1) is 24.0 Å². The van der Waals surface area contributed by atoms with Crippen molar-refractivity contribution in [2.45, 2.75) is 25.9 Å². The van der Waals surface area contributed by atoms with Crippen LogP contribution in [-0.4, -0.2) is 65.0 Å². The van der Waals surface area contributed by atoms with Crippen molar-refractivity contribution in [3.05, 3.63) is 59.2 Å². The van der Waals surface area contributed by atoms with E-state index in [-0.39, 0.29) is 30.0 Å². The molecule has 0 bridgehead atoms. The molecule has 3 rings (SSSR count). The van der Waals surface area contributed by atoms with Crippen LogP contribution in [0.2, 0.25) is 0 Å². The fourth-order valence-corrected chi connectivity index (χ4v) is 4.07. The summed E-state index contributed by atoms with van der Waals surface area (Å²) in [4.78, 5) is 6.88. The molecule has 182 valence electrons. The molecule has 1 heterocycles. The van der Waals surface area contributed by atoms with E-state index in [4.69, 9.17) is 14.2 Å². The molecule has 0 aliphatic carbocycles. The van der Waals surface area contributed by atoms with Crippen LogP contribution in [-0.2, 0) is 17.7 Å². The summed E-state index contributed by atoms with van der Waals surface area (Å²) < 4.78 is 16.5. The zero-order valence-corrected chi connectivity index (χ0v) is 22.4. The number of guanidine groups is 1. The number of morpholine rings is 1. The lowest BCUT2D eigenvalue weighted by atomic mass is 10.0. The Labute approximate surface area is 214 Å². The molecule has 2 aromatic carbocycles. The average Bonchev–Trinajstić information content (AvgIpc) is 2.86. The molecule has 0 radical (unpaired) electrons. The first-order valence-electron chi connectivity index (χ1n) is 11.2. The van der Waals surface area contributed by atoms with Crippen molar-refractivity contribution < 1.29 is 14.2 Å². The van der Waals surface area contributed by atoms with Crippen molar-refractivity contribution in [2.24, 2.45) is 4.99 Å². The van der Waals surface area contributed by atoms with E-state index in [0.717, 1.165) is 56.7 Å². The van der Waals surface area contributed by atoms with Crippen LogP contribution in [0.5, 0.6) is 11.5 Å². The summed E-state index contributed by atoms with van der Waals surface area (Å²) in [5.41, 5.74) is 3.82. The number of ether oxygens (including phenoxy) is 3. The normalized spacial score (nSPS) is 15.3. The van der Waals surface area contributed by atoms with Crippen LogP contribution >= 0.6 is 24.0 Å². The van der Waals surface area contributed by atoms with Crippen LogP contribution in [0.3, 0.4) is 0 Å². The molecular formula is C25H37IN4O3. The lowest BCUT2D eigenvalue weighted by Crippen LogP contribution is -2.46. The summed E-state index contributed by atoms with van der Waals surface area (Å²) in [7, 11) is 5.13. The maximum absolute atomic E-state index is 5.58. The van der Waals surface area contributed by atoms with Crippen molar-refractivity contribution >= 4 is 29.9 Å². The molecule has 1 fully saturated rings. The van der Waals surface area contributed by atoms with Gasteiger partial charge in [0, 0.05) is 33.2 Å². The molecule has 2 aromatic rings. The number of nitrogens with zero attached hydrogens (tertiary/aromatic N) is 2. The van der Waals surface area contributed by atoms with Gasteiger partial charge in [-0.05, 0) is 35.2 Å². The minimum Gasteiger partial charge on any atom is -0.493 e. The van der Waals surface area contributed by atoms with Gasteiger partial charge < -0.3 is 24.8 Å². The summed E-state index contributed by atoms with van der Waals surface area (Å²) in [5.74, 6) is 2.26. The number of benzene rings is 2. The number of hydrogen-bond donors (Lipinski definition) is 2. The molecule has 0 aromatic heterocycles. The Balaban J connectivity index is 0.00000385. The first-order valence-corrected chi connectivity index (χ1v) is 11.2. The minimum absolute atomic E-state index is 0.